The van der Waals surface area contributed by atoms with Crippen LogP contribution >= 0.6 is 23.1 Å². The van der Waals surface area contributed by atoms with Crippen molar-refractivity contribution in [3.05, 3.63) is 34.3 Å². The first-order valence-electron chi connectivity index (χ1n) is 9.01. The lowest BCUT2D eigenvalue weighted by Gasteiger charge is -2.27. The van der Waals surface area contributed by atoms with Crippen molar-refractivity contribution in [2.45, 2.75) is 31.3 Å². The van der Waals surface area contributed by atoms with Gasteiger partial charge in [-0.15, -0.1) is 11.3 Å². The summed E-state index contributed by atoms with van der Waals surface area (Å²) in [6, 6.07) is 6.28. The summed E-state index contributed by atoms with van der Waals surface area (Å²) >= 11 is 2.82. The Hall–Kier alpha value is -2.21. The minimum absolute atomic E-state index is 0.0864. The summed E-state index contributed by atoms with van der Waals surface area (Å²) < 4.78 is 4.82. The van der Waals surface area contributed by atoms with Gasteiger partial charge in [-0.2, -0.15) is 5.26 Å². The molecule has 0 saturated heterocycles. The first-order chi connectivity index (χ1) is 13.5. The standard InChI is InChI=1S/C20H21N3O3S2/c1-3-26-18(25)9-13(24)12-28-20-14(10-21)19(17-5-4-8-27-17)15-11-23(2)7-6-16(15)22-20/h4-5,8H,3,6-7,9,11-12H2,1-2H3. The smallest absolute Gasteiger partial charge is 0.313 e. The molecule has 0 saturated carbocycles. The molecule has 0 bridgehead atoms. The number of pyridine rings is 1. The second kappa shape index (κ2) is 9.32. The number of ketones is 1. The molecule has 2 aromatic heterocycles. The normalized spacial score (nSPS) is 13.6. The highest BCUT2D eigenvalue weighted by atomic mass is 32.2. The van der Waals surface area contributed by atoms with Crippen molar-refractivity contribution in [1.82, 2.24) is 9.88 Å². The van der Waals surface area contributed by atoms with Crippen LogP contribution in [-0.4, -0.2) is 47.6 Å². The molecule has 28 heavy (non-hydrogen) atoms. The van der Waals surface area contributed by atoms with Crippen LogP contribution in [-0.2, 0) is 27.3 Å². The van der Waals surface area contributed by atoms with Crippen LogP contribution in [0.25, 0.3) is 10.4 Å². The molecule has 8 heteroatoms. The number of carbonyl (C=O) groups is 2. The monoisotopic (exact) mass is 415 g/mol. The van der Waals surface area contributed by atoms with E-state index in [1.54, 1.807) is 18.3 Å². The van der Waals surface area contributed by atoms with E-state index >= 15 is 0 Å². The van der Waals surface area contributed by atoms with E-state index in [-0.39, 0.29) is 24.6 Å². The number of rotatable bonds is 7. The zero-order chi connectivity index (χ0) is 20.1. The minimum atomic E-state index is -0.519. The summed E-state index contributed by atoms with van der Waals surface area (Å²) in [5.41, 5.74) is 3.51. The van der Waals surface area contributed by atoms with Crippen LogP contribution < -0.4 is 0 Å². The highest BCUT2D eigenvalue weighted by Crippen LogP contribution is 2.38. The number of likely N-dealkylation sites (N-methyl/N-ethyl adjacent to an activating group) is 1. The summed E-state index contributed by atoms with van der Waals surface area (Å²) in [5, 5.41) is 12.4. The lowest BCUT2D eigenvalue weighted by molar-refractivity contribution is -0.145. The van der Waals surface area contributed by atoms with Gasteiger partial charge in [-0.25, -0.2) is 4.98 Å². The van der Waals surface area contributed by atoms with Gasteiger partial charge >= 0.3 is 5.97 Å². The first kappa shape index (κ1) is 20.5. The fourth-order valence-corrected chi connectivity index (χ4v) is 4.82. The molecule has 3 rings (SSSR count). The summed E-state index contributed by atoms with van der Waals surface area (Å²) in [7, 11) is 2.06. The van der Waals surface area contributed by atoms with Gasteiger partial charge in [0, 0.05) is 35.6 Å². The maximum Gasteiger partial charge on any atom is 0.313 e. The van der Waals surface area contributed by atoms with Crippen LogP contribution in [0.4, 0.5) is 0 Å². The molecule has 0 spiro atoms. The zero-order valence-corrected chi connectivity index (χ0v) is 17.5. The lowest BCUT2D eigenvalue weighted by atomic mass is 9.96. The summed E-state index contributed by atoms with van der Waals surface area (Å²) in [6.07, 6.45) is 0.552. The molecule has 1 aliphatic heterocycles. The van der Waals surface area contributed by atoms with E-state index in [1.165, 1.54) is 11.8 Å². The highest BCUT2D eigenvalue weighted by Gasteiger charge is 2.26. The Morgan fingerprint density at radius 2 is 2.29 bits per heavy atom. The van der Waals surface area contributed by atoms with Gasteiger partial charge in [0.15, 0.2) is 5.78 Å². The quantitative estimate of drug-likeness (QED) is 0.390. The summed E-state index contributed by atoms with van der Waals surface area (Å²) in [6.45, 7) is 3.61. The maximum atomic E-state index is 12.1. The Bertz CT molecular complexity index is 920. The topological polar surface area (TPSA) is 83.3 Å². The van der Waals surface area contributed by atoms with Crippen molar-refractivity contribution in [1.29, 1.82) is 5.26 Å². The number of fused-ring (bicyclic) bond motifs is 1. The molecule has 0 aliphatic carbocycles. The number of carbonyl (C=O) groups excluding carboxylic acids is 2. The van der Waals surface area contributed by atoms with E-state index in [0.29, 0.717) is 10.6 Å². The van der Waals surface area contributed by atoms with Crippen LogP contribution in [0.2, 0.25) is 0 Å². The molecule has 0 radical (unpaired) electrons. The third kappa shape index (κ3) is 4.61. The molecule has 3 heterocycles. The average molecular weight is 416 g/mol. The number of hydrogen-bond donors (Lipinski definition) is 0. The van der Waals surface area contributed by atoms with Crippen molar-refractivity contribution in [3.8, 4) is 16.5 Å². The molecule has 0 N–H and O–H groups in total. The molecule has 6 nitrogen and oxygen atoms in total. The van der Waals surface area contributed by atoms with E-state index in [2.05, 4.69) is 18.0 Å². The molecule has 2 aromatic rings. The number of nitrogens with zero attached hydrogens (tertiary/aromatic N) is 3. The largest absolute Gasteiger partial charge is 0.466 e. The molecular formula is C20H21N3O3S2. The Morgan fingerprint density at radius 1 is 1.46 bits per heavy atom. The van der Waals surface area contributed by atoms with Crippen molar-refractivity contribution in [2.24, 2.45) is 0 Å². The SMILES string of the molecule is CCOC(=O)CC(=O)CSc1nc2c(c(-c3cccs3)c1C#N)CN(C)CC2. The molecule has 1 aliphatic rings. The number of thiophene rings is 1. The van der Waals surface area contributed by atoms with Crippen molar-refractivity contribution < 1.29 is 14.3 Å². The molecule has 146 valence electrons. The fourth-order valence-electron chi connectivity index (χ4n) is 3.14. The average Bonchev–Trinajstić information content (AvgIpc) is 3.19. The van der Waals surface area contributed by atoms with E-state index < -0.39 is 5.97 Å². The van der Waals surface area contributed by atoms with E-state index in [1.807, 2.05) is 17.5 Å². The van der Waals surface area contributed by atoms with Gasteiger partial charge in [0.25, 0.3) is 0 Å². The number of Topliss-reactive ketones (excluding diaryl/α,β-unsaturated/α-hetero) is 1. The zero-order valence-electron chi connectivity index (χ0n) is 15.9. The van der Waals surface area contributed by atoms with Crippen LogP contribution in [0.1, 0.15) is 30.2 Å². The van der Waals surface area contributed by atoms with E-state index in [4.69, 9.17) is 9.72 Å². The Balaban J connectivity index is 1.92. The van der Waals surface area contributed by atoms with Gasteiger partial charge in [0.2, 0.25) is 0 Å². The third-order valence-electron chi connectivity index (χ3n) is 4.40. The van der Waals surface area contributed by atoms with Crippen LogP contribution in [0, 0.1) is 11.3 Å². The molecule has 0 aromatic carbocycles. The predicted octanol–water partition coefficient (Wildman–Crippen LogP) is 3.28. The van der Waals surface area contributed by atoms with E-state index in [0.717, 1.165) is 41.2 Å². The Labute approximate surface area is 172 Å². The maximum absolute atomic E-state index is 12.1. The van der Waals surface area contributed by atoms with Gasteiger partial charge in [0.1, 0.15) is 17.5 Å². The number of hydrogen-bond acceptors (Lipinski definition) is 8. The minimum Gasteiger partial charge on any atom is -0.466 e. The van der Waals surface area contributed by atoms with Gasteiger partial charge in [-0.1, -0.05) is 17.8 Å². The highest BCUT2D eigenvalue weighted by molar-refractivity contribution is 8.00. The van der Waals surface area contributed by atoms with Crippen LogP contribution in [0.3, 0.4) is 0 Å². The summed E-state index contributed by atoms with van der Waals surface area (Å²) in [4.78, 5) is 31.6. The number of aromatic nitrogens is 1. The Kier molecular flexibility index (Phi) is 6.83. The molecular weight excluding hydrogens is 394 g/mol. The van der Waals surface area contributed by atoms with Gasteiger partial charge in [0.05, 0.1) is 17.9 Å². The number of nitriles is 1. The summed E-state index contributed by atoms with van der Waals surface area (Å²) in [5.74, 6) is -0.665. The van der Waals surface area contributed by atoms with Crippen LogP contribution in [0.5, 0.6) is 0 Å². The lowest BCUT2D eigenvalue weighted by Crippen LogP contribution is -2.28. The molecule has 0 unspecified atom stereocenters. The van der Waals surface area contributed by atoms with Gasteiger partial charge in [-0.05, 0) is 31.0 Å². The first-order valence-corrected chi connectivity index (χ1v) is 10.9. The fraction of sp³-hybridized carbons (Fsp3) is 0.400. The second-order valence-corrected chi connectivity index (χ2v) is 8.39. The predicted molar refractivity (Wildman–Crippen MR) is 109 cm³/mol. The van der Waals surface area contributed by atoms with E-state index in [9.17, 15) is 14.9 Å². The van der Waals surface area contributed by atoms with Crippen molar-refractivity contribution >= 4 is 34.9 Å². The van der Waals surface area contributed by atoms with Crippen molar-refractivity contribution in [2.75, 3.05) is 26.0 Å². The number of ether oxygens (including phenoxy) is 1. The van der Waals surface area contributed by atoms with Gasteiger partial charge < -0.3 is 9.64 Å². The number of esters is 1. The third-order valence-corrected chi connectivity index (χ3v) is 6.33. The second-order valence-electron chi connectivity index (χ2n) is 6.48. The molecule has 0 atom stereocenters. The van der Waals surface area contributed by atoms with Crippen molar-refractivity contribution in [3.63, 3.8) is 0 Å². The van der Waals surface area contributed by atoms with Crippen LogP contribution in [0.15, 0.2) is 22.5 Å². The number of thioether (sulfide) groups is 1. The molecule has 0 fully saturated rings. The molecule has 0 amide bonds. The van der Waals surface area contributed by atoms with Gasteiger partial charge in [-0.3, -0.25) is 9.59 Å². The Morgan fingerprint density at radius 3 is 2.96 bits per heavy atom.